The van der Waals surface area contributed by atoms with Gasteiger partial charge >= 0.3 is 6.03 Å². The molecule has 0 radical (unpaired) electrons. The number of anilines is 1. The van der Waals surface area contributed by atoms with Gasteiger partial charge in [0.15, 0.2) is 5.78 Å². The topological polar surface area (TPSA) is 99.1 Å². The summed E-state index contributed by atoms with van der Waals surface area (Å²) in [6.07, 6.45) is 11.7. The van der Waals surface area contributed by atoms with E-state index >= 15 is 0 Å². The highest BCUT2D eigenvalue weighted by Gasteiger charge is 2.74. The fraction of sp³-hybridized carbons (Fsp3) is 0.417. The van der Waals surface area contributed by atoms with Gasteiger partial charge < -0.3 is 25.2 Å². The predicted molar refractivity (Wildman–Crippen MR) is 216 cm³/mol. The van der Waals surface area contributed by atoms with Crippen molar-refractivity contribution < 1.29 is 24.5 Å². The lowest BCUT2D eigenvalue weighted by molar-refractivity contribution is -0.174. The van der Waals surface area contributed by atoms with Gasteiger partial charge in [0, 0.05) is 39.6 Å². The van der Waals surface area contributed by atoms with Crippen LogP contribution < -0.4 is 10.1 Å². The maximum absolute atomic E-state index is 14.8. The zero-order valence-corrected chi connectivity index (χ0v) is 32.1. The van der Waals surface area contributed by atoms with Gasteiger partial charge in [-0.15, -0.1) is 0 Å². The van der Waals surface area contributed by atoms with E-state index in [9.17, 15) is 19.8 Å². The second kappa shape index (κ2) is 12.9. The van der Waals surface area contributed by atoms with Crippen LogP contribution in [0, 0.1) is 33.5 Å². The van der Waals surface area contributed by atoms with Gasteiger partial charge in [0.25, 0.3) is 0 Å². The first kappa shape index (κ1) is 35.9. The molecule has 1 unspecified atom stereocenters. The fourth-order valence-electron chi connectivity index (χ4n) is 12.4. The maximum Gasteiger partial charge on any atom is 0.322 e. The van der Waals surface area contributed by atoms with Crippen molar-refractivity contribution in [3.05, 3.63) is 132 Å². The van der Waals surface area contributed by atoms with Crippen LogP contribution in [0.3, 0.4) is 0 Å². The number of rotatable bonds is 8. The summed E-state index contributed by atoms with van der Waals surface area (Å²) >= 11 is 0. The Kier molecular flexibility index (Phi) is 8.45. The SMILES string of the molecule is COc1ccc(NC(=O)N(Cc2cccc3ccccc23)C[C@]2(O)CC[C@H]3[C@]45C=C[C@@]6(C=C4C(=O)c4ccccc4)CC(O)CC[C@]6(C)[C@H]5CC[C@@]32C)cc1. The number of methoxy groups -OCH3 is 1. The summed E-state index contributed by atoms with van der Waals surface area (Å²) < 4.78 is 5.35. The Hall–Kier alpha value is -4.72. The average Bonchev–Trinajstić information content (AvgIpc) is 3.47. The van der Waals surface area contributed by atoms with Crippen LogP contribution in [0.1, 0.15) is 74.7 Å². The first-order valence-electron chi connectivity index (χ1n) is 20.1. The van der Waals surface area contributed by atoms with Gasteiger partial charge in [0.05, 0.1) is 25.4 Å². The van der Waals surface area contributed by atoms with Gasteiger partial charge in [0.1, 0.15) is 5.75 Å². The van der Waals surface area contributed by atoms with Crippen molar-refractivity contribution in [3.63, 3.8) is 0 Å². The van der Waals surface area contributed by atoms with Gasteiger partial charge in [-0.1, -0.05) is 105 Å². The molecule has 10 rings (SSSR count). The normalized spacial score (nSPS) is 34.3. The molecule has 2 bridgehead atoms. The van der Waals surface area contributed by atoms with Gasteiger partial charge in [-0.05, 0) is 103 Å². The van der Waals surface area contributed by atoms with Crippen LogP contribution in [0.4, 0.5) is 10.5 Å². The van der Waals surface area contributed by atoms with Crippen molar-refractivity contribution >= 4 is 28.3 Å². The molecular formula is C48H52N2O5. The predicted octanol–water partition coefficient (Wildman–Crippen LogP) is 9.36. The molecule has 8 atom stereocenters. The second-order valence-electron chi connectivity index (χ2n) is 17.7. The molecule has 7 heteroatoms. The molecule has 0 heterocycles. The lowest BCUT2D eigenvalue weighted by atomic mass is 9.32. The monoisotopic (exact) mass is 736 g/mol. The van der Waals surface area contributed by atoms with E-state index in [1.807, 2.05) is 72.8 Å². The highest BCUT2D eigenvalue weighted by atomic mass is 16.5. The Morgan fingerprint density at radius 3 is 2.29 bits per heavy atom. The van der Waals surface area contributed by atoms with Crippen molar-refractivity contribution in [2.24, 2.45) is 33.5 Å². The molecule has 4 aromatic rings. The van der Waals surface area contributed by atoms with Crippen molar-refractivity contribution in [1.82, 2.24) is 4.90 Å². The van der Waals surface area contributed by atoms with Crippen molar-refractivity contribution in [2.45, 2.75) is 77.0 Å². The number of ketones is 1. The molecular weight excluding hydrogens is 685 g/mol. The molecule has 4 aromatic carbocycles. The summed E-state index contributed by atoms with van der Waals surface area (Å²) in [5, 5.41) is 29.6. The number of benzene rings is 4. The molecule has 0 aromatic heterocycles. The number of hydrogen-bond acceptors (Lipinski definition) is 5. The molecule has 55 heavy (non-hydrogen) atoms. The fourth-order valence-corrected chi connectivity index (χ4v) is 12.4. The minimum atomic E-state index is -1.22. The van der Waals surface area contributed by atoms with Gasteiger partial charge in [0.2, 0.25) is 0 Å². The lowest BCUT2D eigenvalue weighted by Gasteiger charge is -2.71. The van der Waals surface area contributed by atoms with Crippen LogP contribution in [0.15, 0.2) is 121 Å². The minimum absolute atomic E-state index is 0.0232. The molecule has 284 valence electrons. The molecule has 2 amide bonds. The van der Waals surface area contributed by atoms with E-state index in [-0.39, 0.29) is 35.6 Å². The number of nitrogens with zero attached hydrogens (tertiary/aromatic N) is 1. The number of Topliss-reactive ketones (excluding diaryl/α,β-unsaturated/α-hetero) is 1. The molecule has 3 fully saturated rings. The van der Waals surface area contributed by atoms with E-state index in [1.54, 1.807) is 12.0 Å². The van der Waals surface area contributed by atoms with E-state index < -0.39 is 27.9 Å². The lowest BCUT2D eigenvalue weighted by Crippen LogP contribution is -2.67. The number of aliphatic hydroxyl groups is 2. The van der Waals surface area contributed by atoms with Gasteiger partial charge in [-0.25, -0.2) is 4.79 Å². The van der Waals surface area contributed by atoms with Crippen LogP contribution in [0.25, 0.3) is 10.8 Å². The Morgan fingerprint density at radius 2 is 1.51 bits per heavy atom. The van der Waals surface area contributed by atoms with E-state index in [0.717, 1.165) is 54.0 Å². The number of fused-ring (bicyclic) bond motifs is 2. The number of urea groups is 1. The average molecular weight is 737 g/mol. The maximum atomic E-state index is 14.8. The zero-order valence-electron chi connectivity index (χ0n) is 32.1. The van der Waals surface area contributed by atoms with E-state index in [0.29, 0.717) is 36.4 Å². The van der Waals surface area contributed by atoms with E-state index in [2.05, 4.69) is 61.7 Å². The van der Waals surface area contributed by atoms with Crippen LogP contribution in [0.5, 0.6) is 5.75 Å². The summed E-state index contributed by atoms with van der Waals surface area (Å²) in [6.45, 7) is 5.10. The molecule has 6 aliphatic carbocycles. The summed E-state index contributed by atoms with van der Waals surface area (Å²) in [5.41, 5.74) is 0.266. The molecule has 3 N–H and O–H groups in total. The summed E-state index contributed by atoms with van der Waals surface area (Å²) in [5.74, 6) is 0.919. The Balaban J connectivity index is 1.11. The van der Waals surface area contributed by atoms with Gasteiger partial charge in [-0.2, -0.15) is 0 Å². The highest BCUT2D eigenvalue weighted by Crippen LogP contribution is 2.78. The van der Waals surface area contributed by atoms with Crippen molar-refractivity contribution in [3.8, 4) is 5.75 Å². The van der Waals surface area contributed by atoms with Crippen LogP contribution in [-0.4, -0.2) is 52.3 Å². The zero-order chi connectivity index (χ0) is 38.2. The number of hydrogen-bond donors (Lipinski definition) is 3. The Morgan fingerprint density at radius 1 is 0.818 bits per heavy atom. The van der Waals surface area contributed by atoms with Crippen molar-refractivity contribution in [2.75, 3.05) is 19.0 Å². The quantitative estimate of drug-likeness (QED) is 0.124. The third-order valence-corrected chi connectivity index (χ3v) is 15.3. The van der Waals surface area contributed by atoms with E-state index in [1.165, 1.54) is 0 Å². The van der Waals surface area contributed by atoms with Crippen LogP contribution in [-0.2, 0) is 6.54 Å². The number of allylic oxidation sites excluding steroid dienone is 4. The third-order valence-electron chi connectivity index (χ3n) is 15.3. The number of carbonyl (C=O) groups is 2. The van der Waals surface area contributed by atoms with E-state index in [4.69, 9.17) is 4.74 Å². The largest absolute Gasteiger partial charge is 0.497 e. The minimum Gasteiger partial charge on any atom is -0.497 e. The smallest absolute Gasteiger partial charge is 0.322 e. The Labute approximate surface area is 324 Å². The number of nitrogens with one attached hydrogen (secondary N) is 1. The van der Waals surface area contributed by atoms with Gasteiger partial charge in [-0.3, -0.25) is 4.79 Å². The standard InChI is InChI=1S/C48H52N2O5/c1-44-23-20-36(51)28-46(44)26-27-48(39(29-46)42(52)33-11-5-4-6-12-33)40(44)21-24-45(2)41(48)22-25-47(45,54)31-50(43(53)49-35-16-18-37(55-3)19-17-35)30-34-14-9-13-32-10-7-8-15-38(32)34/h4-19,26-27,29,36,40-41,51,54H,20-25,28,30-31H2,1-3H3,(H,49,53)/t36?,40-,41-,44-,45+,46+,47-,48-/m1/s1. The first-order chi connectivity index (χ1) is 26.5. The third kappa shape index (κ3) is 5.29. The number of ether oxygens (including phenoxy) is 1. The summed E-state index contributed by atoms with van der Waals surface area (Å²) in [7, 11) is 1.62. The molecule has 0 saturated heterocycles. The Bertz CT molecular complexity index is 2210. The second-order valence-corrected chi connectivity index (χ2v) is 17.7. The number of carbonyl (C=O) groups excluding carboxylic acids is 2. The van der Waals surface area contributed by atoms with Crippen LogP contribution >= 0.6 is 0 Å². The number of amides is 2. The summed E-state index contributed by atoms with van der Waals surface area (Å²) in [4.78, 5) is 31.1. The molecule has 3 saturated carbocycles. The molecule has 7 nitrogen and oxygen atoms in total. The first-order valence-corrected chi connectivity index (χ1v) is 20.1. The molecule has 6 aliphatic rings. The molecule has 2 spiro atoms. The van der Waals surface area contributed by atoms with Crippen molar-refractivity contribution in [1.29, 1.82) is 0 Å². The van der Waals surface area contributed by atoms with Crippen LogP contribution in [0.2, 0.25) is 0 Å². The summed E-state index contributed by atoms with van der Waals surface area (Å²) in [6, 6.07) is 31.0. The number of aliphatic hydroxyl groups excluding tert-OH is 1. The molecule has 0 aliphatic heterocycles. The highest BCUT2D eigenvalue weighted by molar-refractivity contribution is 6.10.